The molecule has 0 radical (unpaired) electrons. The third-order valence-electron chi connectivity index (χ3n) is 2.95. The second-order valence-corrected chi connectivity index (χ2v) is 4.38. The first kappa shape index (κ1) is 13.7. The van der Waals surface area contributed by atoms with Crippen molar-refractivity contribution in [3.8, 4) is 11.3 Å². The van der Waals surface area contributed by atoms with Gasteiger partial charge in [0, 0.05) is 5.56 Å². The Morgan fingerprint density at radius 1 is 1.26 bits per heavy atom. The highest BCUT2D eigenvalue weighted by Crippen LogP contribution is 2.25. The molecule has 3 N–H and O–H groups in total. The van der Waals surface area contributed by atoms with Crippen LogP contribution < -0.4 is 0 Å². The molecule has 102 valence electrons. The van der Waals surface area contributed by atoms with Crippen molar-refractivity contribution >= 4 is 0 Å². The number of aryl methyl sites for hydroxylation is 1. The molecule has 1 heterocycles. The van der Waals surface area contributed by atoms with Gasteiger partial charge >= 0.3 is 0 Å². The Hall–Kier alpha value is -1.76. The standard InChI is InChI=1S/C13H17N3O3/c1-9-4-2-3-5-11(9)13-12(8-18)14-15-16(13)6-10(19)7-17/h2-5,10,17-19H,6-8H2,1H3. The van der Waals surface area contributed by atoms with Crippen LogP contribution in [0.25, 0.3) is 11.3 Å². The van der Waals surface area contributed by atoms with E-state index in [2.05, 4.69) is 10.3 Å². The third-order valence-corrected chi connectivity index (χ3v) is 2.95. The molecule has 0 spiro atoms. The van der Waals surface area contributed by atoms with E-state index in [0.717, 1.165) is 11.1 Å². The lowest BCUT2D eigenvalue weighted by Gasteiger charge is -2.12. The van der Waals surface area contributed by atoms with Gasteiger partial charge in [0.15, 0.2) is 0 Å². The van der Waals surface area contributed by atoms with Crippen LogP contribution in [0.5, 0.6) is 0 Å². The second-order valence-electron chi connectivity index (χ2n) is 4.38. The third kappa shape index (κ3) is 2.81. The fraction of sp³-hybridized carbons (Fsp3) is 0.385. The van der Waals surface area contributed by atoms with E-state index in [0.29, 0.717) is 11.4 Å². The van der Waals surface area contributed by atoms with Crippen LogP contribution in [0.2, 0.25) is 0 Å². The average Bonchev–Trinajstić information content (AvgIpc) is 2.82. The van der Waals surface area contributed by atoms with Gasteiger partial charge in [-0.25, -0.2) is 4.68 Å². The van der Waals surface area contributed by atoms with Crippen LogP contribution in [0.15, 0.2) is 24.3 Å². The maximum Gasteiger partial charge on any atom is 0.116 e. The van der Waals surface area contributed by atoms with Crippen molar-refractivity contribution in [2.45, 2.75) is 26.2 Å². The molecule has 1 aromatic heterocycles. The zero-order valence-corrected chi connectivity index (χ0v) is 10.7. The zero-order chi connectivity index (χ0) is 13.8. The largest absolute Gasteiger partial charge is 0.394 e. The lowest BCUT2D eigenvalue weighted by molar-refractivity contribution is 0.0782. The molecule has 1 aromatic carbocycles. The Balaban J connectivity index is 2.48. The highest BCUT2D eigenvalue weighted by Gasteiger charge is 2.17. The van der Waals surface area contributed by atoms with E-state index in [4.69, 9.17) is 5.11 Å². The highest BCUT2D eigenvalue weighted by atomic mass is 16.3. The van der Waals surface area contributed by atoms with Crippen molar-refractivity contribution in [1.29, 1.82) is 0 Å². The number of benzene rings is 1. The van der Waals surface area contributed by atoms with Gasteiger partial charge in [-0.1, -0.05) is 29.5 Å². The lowest BCUT2D eigenvalue weighted by atomic mass is 10.0. The number of hydrogen-bond acceptors (Lipinski definition) is 5. The van der Waals surface area contributed by atoms with Crippen molar-refractivity contribution < 1.29 is 15.3 Å². The van der Waals surface area contributed by atoms with Gasteiger partial charge in [0.1, 0.15) is 5.69 Å². The molecule has 0 saturated heterocycles. The Morgan fingerprint density at radius 2 is 2.00 bits per heavy atom. The molecule has 0 saturated carbocycles. The zero-order valence-electron chi connectivity index (χ0n) is 10.7. The molecule has 0 aliphatic rings. The molecule has 6 nitrogen and oxygen atoms in total. The molecule has 0 bridgehead atoms. The van der Waals surface area contributed by atoms with Crippen LogP contribution in [-0.4, -0.2) is 43.0 Å². The summed E-state index contributed by atoms with van der Waals surface area (Å²) in [5.41, 5.74) is 3.06. The molecule has 0 aliphatic heterocycles. The Bertz CT molecular complexity index is 554. The first-order valence-corrected chi connectivity index (χ1v) is 6.05. The van der Waals surface area contributed by atoms with Crippen molar-refractivity contribution in [3.05, 3.63) is 35.5 Å². The highest BCUT2D eigenvalue weighted by molar-refractivity contribution is 5.65. The number of aromatic nitrogens is 3. The molecule has 1 atom stereocenters. The van der Waals surface area contributed by atoms with Gasteiger partial charge < -0.3 is 15.3 Å². The summed E-state index contributed by atoms with van der Waals surface area (Å²) in [6.45, 7) is 1.52. The second kappa shape index (κ2) is 5.92. The fourth-order valence-corrected chi connectivity index (χ4v) is 1.97. The van der Waals surface area contributed by atoms with E-state index in [1.807, 2.05) is 31.2 Å². The molecule has 6 heteroatoms. The molecule has 1 unspecified atom stereocenters. The number of aliphatic hydroxyl groups excluding tert-OH is 3. The summed E-state index contributed by atoms with van der Waals surface area (Å²) in [7, 11) is 0. The number of rotatable bonds is 5. The molecule has 2 rings (SSSR count). The summed E-state index contributed by atoms with van der Waals surface area (Å²) in [6.07, 6.45) is -0.906. The molecular weight excluding hydrogens is 246 g/mol. The summed E-state index contributed by atoms with van der Waals surface area (Å²) in [4.78, 5) is 0. The fourth-order valence-electron chi connectivity index (χ4n) is 1.97. The Kier molecular flexibility index (Phi) is 4.26. The number of hydrogen-bond donors (Lipinski definition) is 3. The van der Waals surface area contributed by atoms with Crippen molar-refractivity contribution in [1.82, 2.24) is 15.0 Å². The molecule has 0 fully saturated rings. The van der Waals surface area contributed by atoms with Gasteiger partial charge in [0.2, 0.25) is 0 Å². The van der Waals surface area contributed by atoms with Crippen LogP contribution >= 0.6 is 0 Å². The van der Waals surface area contributed by atoms with Gasteiger partial charge in [-0.3, -0.25) is 0 Å². The van der Waals surface area contributed by atoms with Gasteiger partial charge in [-0.15, -0.1) is 5.10 Å². The topological polar surface area (TPSA) is 91.4 Å². The van der Waals surface area contributed by atoms with E-state index in [1.54, 1.807) is 0 Å². The van der Waals surface area contributed by atoms with Crippen LogP contribution in [-0.2, 0) is 13.2 Å². The van der Waals surface area contributed by atoms with Crippen LogP contribution in [0, 0.1) is 6.92 Å². The van der Waals surface area contributed by atoms with E-state index >= 15 is 0 Å². The number of nitrogens with zero attached hydrogens (tertiary/aromatic N) is 3. The summed E-state index contributed by atoms with van der Waals surface area (Å²) in [5.74, 6) is 0. The van der Waals surface area contributed by atoms with E-state index in [-0.39, 0.29) is 19.8 Å². The summed E-state index contributed by atoms with van der Waals surface area (Å²) in [6, 6.07) is 7.68. The smallest absolute Gasteiger partial charge is 0.116 e. The van der Waals surface area contributed by atoms with E-state index in [1.165, 1.54) is 4.68 Å². The minimum absolute atomic E-state index is 0.132. The predicted molar refractivity (Wildman–Crippen MR) is 69.2 cm³/mol. The summed E-state index contributed by atoms with van der Waals surface area (Å²) >= 11 is 0. The van der Waals surface area contributed by atoms with Gasteiger partial charge in [-0.2, -0.15) is 0 Å². The van der Waals surface area contributed by atoms with Crippen LogP contribution in [0.1, 0.15) is 11.3 Å². The molecule has 2 aromatic rings. The van der Waals surface area contributed by atoms with Crippen molar-refractivity contribution in [2.24, 2.45) is 0 Å². The Labute approximate surface area is 110 Å². The summed E-state index contributed by atoms with van der Waals surface area (Å²) < 4.78 is 1.51. The van der Waals surface area contributed by atoms with E-state index < -0.39 is 6.10 Å². The molecule has 19 heavy (non-hydrogen) atoms. The van der Waals surface area contributed by atoms with Crippen molar-refractivity contribution in [3.63, 3.8) is 0 Å². The first-order valence-electron chi connectivity index (χ1n) is 6.05. The van der Waals surface area contributed by atoms with Crippen LogP contribution in [0.4, 0.5) is 0 Å². The van der Waals surface area contributed by atoms with Gasteiger partial charge in [-0.05, 0) is 12.5 Å². The van der Waals surface area contributed by atoms with Gasteiger partial charge in [0.05, 0.1) is 31.6 Å². The minimum Gasteiger partial charge on any atom is -0.394 e. The van der Waals surface area contributed by atoms with Gasteiger partial charge in [0.25, 0.3) is 0 Å². The maximum atomic E-state index is 9.53. The first-order chi connectivity index (χ1) is 9.17. The molecule has 0 amide bonds. The quantitative estimate of drug-likeness (QED) is 0.711. The minimum atomic E-state index is -0.906. The maximum absolute atomic E-state index is 9.53. The van der Waals surface area contributed by atoms with Crippen molar-refractivity contribution in [2.75, 3.05) is 6.61 Å². The molecule has 0 aliphatic carbocycles. The SMILES string of the molecule is Cc1ccccc1-c1c(CO)nnn1CC(O)CO. The van der Waals surface area contributed by atoms with E-state index in [9.17, 15) is 10.2 Å². The number of aliphatic hydroxyl groups is 3. The monoisotopic (exact) mass is 263 g/mol. The average molecular weight is 263 g/mol. The van der Waals surface area contributed by atoms with Crippen LogP contribution in [0.3, 0.4) is 0 Å². The summed E-state index contributed by atoms with van der Waals surface area (Å²) in [5, 5.41) is 35.6. The molecular formula is C13H17N3O3. The predicted octanol–water partition coefficient (Wildman–Crippen LogP) is 0.0990. The normalized spacial score (nSPS) is 12.6. The lowest BCUT2D eigenvalue weighted by Crippen LogP contribution is -2.21. The Morgan fingerprint density at radius 3 is 2.63 bits per heavy atom.